The Bertz CT molecular complexity index is 1330. The molecule has 3 amide bonds. The molecule has 1 heterocycles. The van der Waals surface area contributed by atoms with Gasteiger partial charge in [0.2, 0.25) is 11.8 Å². The molecule has 0 aromatic heterocycles. The summed E-state index contributed by atoms with van der Waals surface area (Å²) in [5, 5.41) is 8.52. The van der Waals surface area contributed by atoms with Gasteiger partial charge in [0.15, 0.2) is 11.9 Å². The van der Waals surface area contributed by atoms with Crippen molar-refractivity contribution in [3.8, 4) is 0 Å². The van der Waals surface area contributed by atoms with E-state index >= 15 is 0 Å². The van der Waals surface area contributed by atoms with Crippen molar-refractivity contribution in [1.29, 1.82) is 0 Å². The van der Waals surface area contributed by atoms with Crippen molar-refractivity contribution in [2.24, 2.45) is 11.8 Å². The number of ketones is 1. The summed E-state index contributed by atoms with van der Waals surface area (Å²) < 4.78 is 10.7. The van der Waals surface area contributed by atoms with Crippen LogP contribution in [0.25, 0.3) is 0 Å². The highest BCUT2D eigenvalue weighted by Crippen LogP contribution is 2.29. The first kappa shape index (κ1) is 36.4. The van der Waals surface area contributed by atoms with Gasteiger partial charge < -0.3 is 25.4 Å². The van der Waals surface area contributed by atoms with Crippen molar-refractivity contribution in [3.05, 3.63) is 71.8 Å². The number of carbonyl (C=O) groups is 5. The van der Waals surface area contributed by atoms with Crippen LogP contribution in [0.3, 0.4) is 0 Å². The molecular formula is C36H49N3O7. The minimum Gasteiger partial charge on any atom is -0.452 e. The molecule has 0 unspecified atom stereocenters. The van der Waals surface area contributed by atoms with E-state index in [0.717, 1.165) is 11.1 Å². The van der Waals surface area contributed by atoms with Gasteiger partial charge in [-0.1, -0.05) is 88.4 Å². The van der Waals surface area contributed by atoms with Crippen LogP contribution in [-0.2, 0) is 46.3 Å². The fourth-order valence-electron chi connectivity index (χ4n) is 5.28. The number of hydrogen-bond acceptors (Lipinski definition) is 7. The van der Waals surface area contributed by atoms with Crippen LogP contribution in [-0.4, -0.2) is 65.9 Å². The molecule has 1 fully saturated rings. The highest BCUT2D eigenvalue weighted by molar-refractivity contribution is 5.98. The third-order valence-electron chi connectivity index (χ3n) is 7.83. The van der Waals surface area contributed by atoms with Crippen LogP contribution in [0.4, 0.5) is 0 Å². The summed E-state index contributed by atoms with van der Waals surface area (Å²) in [5.41, 5.74) is 0.874. The average Bonchev–Trinajstić information content (AvgIpc) is 3.76. The second-order valence-corrected chi connectivity index (χ2v) is 13.1. The number of benzene rings is 2. The number of carbonyl (C=O) groups excluding carboxylic acids is 5. The van der Waals surface area contributed by atoms with Crippen LogP contribution >= 0.6 is 0 Å². The Morgan fingerprint density at radius 2 is 1.22 bits per heavy atom. The van der Waals surface area contributed by atoms with E-state index in [0.29, 0.717) is 19.4 Å². The number of Topliss-reactive ketones (excluding diaryl/α,β-unsaturated/α-hetero) is 1. The van der Waals surface area contributed by atoms with E-state index in [2.05, 4.69) is 16.0 Å². The third-order valence-corrected chi connectivity index (χ3v) is 7.83. The minimum atomic E-state index is -1.10. The molecule has 0 radical (unpaired) electrons. The molecule has 2 aromatic carbocycles. The Morgan fingerprint density at radius 3 is 1.74 bits per heavy atom. The largest absolute Gasteiger partial charge is 0.452 e. The number of nitrogens with one attached hydrogen (secondary N) is 3. The molecule has 1 aliphatic rings. The zero-order valence-electron chi connectivity index (χ0n) is 27.8. The minimum absolute atomic E-state index is 0.0151. The smallest absolute Gasteiger partial charge is 0.303 e. The van der Waals surface area contributed by atoms with Crippen LogP contribution in [0, 0.1) is 11.8 Å². The molecule has 10 nitrogen and oxygen atoms in total. The maximum atomic E-state index is 13.8. The summed E-state index contributed by atoms with van der Waals surface area (Å²) in [6.07, 6.45) is 0.502. The molecule has 1 aliphatic heterocycles. The molecule has 2 aromatic rings. The van der Waals surface area contributed by atoms with Gasteiger partial charge >= 0.3 is 5.97 Å². The monoisotopic (exact) mass is 635 g/mol. The summed E-state index contributed by atoms with van der Waals surface area (Å²) in [7, 11) is 0. The van der Waals surface area contributed by atoms with Crippen LogP contribution in [0.15, 0.2) is 60.7 Å². The lowest BCUT2D eigenvalue weighted by atomic mass is 9.93. The Balaban J connectivity index is 1.80. The zero-order valence-corrected chi connectivity index (χ0v) is 27.8. The predicted octanol–water partition coefficient (Wildman–Crippen LogP) is 3.70. The topological polar surface area (TPSA) is 143 Å². The molecule has 0 bridgehead atoms. The van der Waals surface area contributed by atoms with Gasteiger partial charge in [-0.3, -0.25) is 24.0 Å². The second kappa shape index (κ2) is 17.0. The molecule has 0 aliphatic carbocycles. The van der Waals surface area contributed by atoms with E-state index in [4.69, 9.17) is 9.47 Å². The summed E-state index contributed by atoms with van der Waals surface area (Å²) in [6.45, 7) is 11.0. The van der Waals surface area contributed by atoms with Gasteiger partial charge in [-0.15, -0.1) is 0 Å². The molecule has 0 saturated carbocycles. The number of epoxide rings is 1. The summed E-state index contributed by atoms with van der Waals surface area (Å²) in [5.74, 6) is -2.30. The molecule has 1 saturated heterocycles. The lowest BCUT2D eigenvalue weighted by Crippen LogP contribution is -2.58. The maximum absolute atomic E-state index is 13.8. The van der Waals surface area contributed by atoms with Gasteiger partial charge in [-0.2, -0.15) is 0 Å². The number of rotatable bonds is 18. The molecule has 46 heavy (non-hydrogen) atoms. The summed E-state index contributed by atoms with van der Waals surface area (Å²) >= 11 is 0. The molecule has 250 valence electrons. The Labute approximate surface area is 272 Å². The van der Waals surface area contributed by atoms with E-state index in [1.165, 1.54) is 6.92 Å². The number of esters is 1. The molecule has 10 heteroatoms. The molecular weight excluding hydrogens is 586 g/mol. The highest BCUT2D eigenvalue weighted by atomic mass is 16.6. The van der Waals surface area contributed by atoms with Crippen molar-refractivity contribution in [3.63, 3.8) is 0 Å². The van der Waals surface area contributed by atoms with E-state index in [9.17, 15) is 24.0 Å². The molecule has 0 spiro atoms. The highest BCUT2D eigenvalue weighted by Gasteiger charge is 2.50. The first-order valence-corrected chi connectivity index (χ1v) is 16.1. The molecule has 3 N–H and O–H groups in total. The standard InChI is InChI=1S/C36H49N3O7/c1-23(2)19-28(32(41)36(6)22-45-36)37-34(43)30(21-27-15-11-8-12-16-27)38-33(42)29(20-24(3)4)39-35(44)31(46-25(5)40)18-17-26-13-9-7-10-14-26/h7-16,23-24,28-31H,17-22H2,1-6H3,(H,37,43)(H,38,42)(H,39,44)/t28-,29-,30-,31-,36+/m0/s1. The van der Waals surface area contributed by atoms with E-state index in [1.807, 2.05) is 88.4 Å². The van der Waals surface area contributed by atoms with Gasteiger partial charge in [0.25, 0.3) is 5.91 Å². The first-order chi connectivity index (χ1) is 21.8. The average molecular weight is 636 g/mol. The van der Waals surface area contributed by atoms with E-state index < -0.39 is 53.5 Å². The lowest BCUT2D eigenvalue weighted by Gasteiger charge is -2.28. The van der Waals surface area contributed by atoms with Crippen molar-refractivity contribution >= 4 is 29.5 Å². The second-order valence-electron chi connectivity index (χ2n) is 13.1. The number of aryl methyl sites for hydroxylation is 1. The molecule has 5 atom stereocenters. The van der Waals surface area contributed by atoms with Gasteiger partial charge in [-0.05, 0) is 55.6 Å². The zero-order chi connectivity index (χ0) is 33.9. The van der Waals surface area contributed by atoms with Crippen molar-refractivity contribution in [2.75, 3.05) is 6.61 Å². The summed E-state index contributed by atoms with van der Waals surface area (Å²) in [4.78, 5) is 66.1. The lowest BCUT2D eigenvalue weighted by molar-refractivity contribution is -0.154. The van der Waals surface area contributed by atoms with Gasteiger partial charge in [0.1, 0.15) is 17.7 Å². The Kier molecular flexibility index (Phi) is 13.5. The van der Waals surface area contributed by atoms with Crippen LogP contribution in [0.2, 0.25) is 0 Å². The Hall–Kier alpha value is -4.05. The van der Waals surface area contributed by atoms with E-state index in [1.54, 1.807) is 6.92 Å². The van der Waals surface area contributed by atoms with Crippen molar-refractivity contribution < 1.29 is 33.4 Å². The predicted molar refractivity (Wildman–Crippen MR) is 175 cm³/mol. The van der Waals surface area contributed by atoms with Crippen molar-refractivity contribution in [2.45, 2.75) is 103 Å². The Morgan fingerprint density at radius 1 is 0.739 bits per heavy atom. The van der Waals surface area contributed by atoms with Crippen LogP contribution in [0.1, 0.15) is 71.9 Å². The number of ether oxygens (including phenoxy) is 2. The SMILES string of the molecule is CC(=O)O[C@@H](CCc1ccccc1)C(=O)N[C@@H](CC(C)C)C(=O)N[C@@H](Cc1ccccc1)C(=O)N[C@@H](CC(C)C)C(=O)[C@@]1(C)CO1. The van der Waals surface area contributed by atoms with Crippen molar-refractivity contribution in [1.82, 2.24) is 16.0 Å². The van der Waals surface area contributed by atoms with E-state index in [-0.39, 0.29) is 36.9 Å². The van der Waals surface area contributed by atoms with Crippen LogP contribution in [0.5, 0.6) is 0 Å². The van der Waals surface area contributed by atoms with Crippen LogP contribution < -0.4 is 16.0 Å². The summed E-state index contributed by atoms with van der Waals surface area (Å²) in [6, 6.07) is 16.0. The van der Waals surface area contributed by atoms with Gasteiger partial charge in [0.05, 0.1) is 12.6 Å². The normalized spacial score (nSPS) is 18.2. The third kappa shape index (κ3) is 11.7. The van der Waals surface area contributed by atoms with Gasteiger partial charge in [0, 0.05) is 13.3 Å². The number of hydrogen-bond donors (Lipinski definition) is 3. The number of amides is 3. The fraction of sp³-hybridized carbons (Fsp3) is 0.528. The first-order valence-electron chi connectivity index (χ1n) is 16.1. The van der Waals surface area contributed by atoms with Gasteiger partial charge in [-0.25, -0.2) is 0 Å². The fourth-order valence-corrected chi connectivity index (χ4v) is 5.28. The maximum Gasteiger partial charge on any atom is 0.303 e. The quantitative estimate of drug-likeness (QED) is 0.167. The molecule has 3 rings (SSSR count).